The van der Waals surface area contributed by atoms with Gasteiger partial charge in [-0.25, -0.2) is 0 Å². The first-order valence-electron chi connectivity index (χ1n) is 10.0. The SMILES string of the molecule is COc1ccc(C[P+](c2ccccc2)(c2ccccc2)c2ccccc2)c([N+](=O)[O-])c1. The maximum absolute atomic E-state index is 11.9. The number of nitrogens with zero attached hydrogens (tertiary/aromatic N) is 1. The molecule has 0 aliphatic carbocycles. The first kappa shape index (κ1) is 20.8. The molecule has 0 unspecified atom stereocenters. The number of rotatable bonds is 7. The van der Waals surface area contributed by atoms with Crippen molar-refractivity contribution >= 4 is 28.9 Å². The van der Waals surface area contributed by atoms with Gasteiger partial charge in [0, 0.05) is 0 Å². The lowest BCUT2D eigenvalue weighted by molar-refractivity contribution is -0.385. The van der Waals surface area contributed by atoms with Crippen LogP contribution in [0.4, 0.5) is 5.69 Å². The largest absolute Gasteiger partial charge is 0.497 e. The van der Waals surface area contributed by atoms with Crippen molar-refractivity contribution in [3.63, 3.8) is 0 Å². The molecule has 0 spiro atoms. The molecule has 154 valence electrons. The average molecular weight is 428 g/mol. The molecule has 31 heavy (non-hydrogen) atoms. The topological polar surface area (TPSA) is 52.4 Å². The zero-order valence-electron chi connectivity index (χ0n) is 17.2. The van der Waals surface area contributed by atoms with Crippen molar-refractivity contribution in [2.45, 2.75) is 6.16 Å². The van der Waals surface area contributed by atoms with E-state index in [0.717, 1.165) is 0 Å². The number of hydrogen-bond donors (Lipinski definition) is 0. The summed E-state index contributed by atoms with van der Waals surface area (Å²) in [5.74, 6) is 0.485. The Balaban J connectivity index is 2.01. The minimum absolute atomic E-state index is 0.0894. The second kappa shape index (κ2) is 9.11. The lowest BCUT2D eigenvalue weighted by Gasteiger charge is -2.27. The van der Waals surface area contributed by atoms with Crippen LogP contribution in [0.15, 0.2) is 109 Å². The van der Waals surface area contributed by atoms with Crippen LogP contribution in [0.2, 0.25) is 0 Å². The summed E-state index contributed by atoms with van der Waals surface area (Å²) < 4.78 is 5.25. The van der Waals surface area contributed by atoms with Gasteiger partial charge in [-0.2, -0.15) is 0 Å². The van der Waals surface area contributed by atoms with Crippen LogP contribution >= 0.6 is 7.26 Å². The molecular weight excluding hydrogens is 405 g/mol. The van der Waals surface area contributed by atoms with Gasteiger partial charge in [-0.3, -0.25) is 10.1 Å². The molecule has 0 atom stereocenters. The van der Waals surface area contributed by atoms with E-state index in [2.05, 4.69) is 36.4 Å². The Labute approximate surface area is 182 Å². The molecule has 0 bridgehead atoms. The van der Waals surface area contributed by atoms with Gasteiger partial charge in [0.15, 0.2) is 0 Å². The smallest absolute Gasteiger partial charge is 0.279 e. The van der Waals surface area contributed by atoms with E-state index in [0.29, 0.717) is 17.5 Å². The molecule has 0 heterocycles. The average Bonchev–Trinajstić information content (AvgIpc) is 2.84. The van der Waals surface area contributed by atoms with Gasteiger partial charge < -0.3 is 4.74 Å². The van der Waals surface area contributed by atoms with E-state index < -0.39 is 7.26 Å². The minimum atomic E-state index is -2.21. The Kier molecular flexibility index (Phi) is 6.11. The highest BCUT2D eigenvalue weighted by Crippen LogP contribution is 2.59. The molecule has 0 radical (unpaired) electrons. The first-order chi connectivity index (χ1) is 15.1. The molecule has 0 saturated heterocycles. The van der Waals surface area contributed by atoms with Crippen LogP contribution in [-0.2, 0) is 6.16 Å². The van der Waals surface area contributed by atoms with E-state index in [1.54, 1.807) is 6.07 Å². The summed E-state index contributed by atoms with van der Waals surface area (Å²) in [6, 6.07) is 36.3. The van der Waals surface area contributed by atoms with Gasteiger partial charge in [0.25, 0.3) is 5.69 Å². The van der Waals surface area contributed by atoms with E-state index in [9.17, 15) is 10.1 Å². The Morgan fingerprint density at radius 2 is 1.19 bits per heavy atom. The third-order valence-electron chi connectivity index (χ3n) is 5.49. The number of ether oxygens (including phenoxy) is 1. The highest BCUT2D eigenvalue weighted by Gasteiger charge is 2.46. The monoisotopic (exact) mass is 428 g/mol. The number of benzene rings is 4. The minimum Gasteiger partial charge on any atom is -0.497 e. The summed E-state index contributed by atoms with van der Waals surface area (Å²) in [5.41, 5.74) is 0.794. The number of hydrogen-bond acceptors (Lipinski definition) is 3. The van der Waals surface area contributed by atoms with Gasteiger partial charge in [-0.15, -0.1) is 0 Å². The van der Waals surface area contributed by atoms with Crippen LogP contribution in [0.25, 0.3) is 0 Å². The molecule has 4 aromatic carbocycles. The van der Waals surface area contributed by atoms with Gasteiger partial charge in [0.1, 0.15) is 35.1 Å². The zero-order chi connectivity index (χ0) is 21.7. The van der Waals surface area contributed by atoms with Crippen molar-refractivity contribution < 1.29 is 9.66 Å². The van der Waals surface area contributed by atoms with Crippen molar-refractivity contribution in [2.75, 3.05) is 7.11 Å². The molecule has 0 saturated carbocycles. The van der Waals surface area contributed by atoms with Gasteiger partial charge >= 0.3 is 0 Å². The lowest BCUT2D eigenvalue weighted by atomic mass is 10.2. The van der Waals surface area contributed by atoms with Crippen molar-refractivity contribution in [3.8, 4) is 5.75 Å². The molecule has 0 N–H and O–H groups in total. The fourth-order valence-electron chi connectivity index (χ4n) is 4.00. The highest BCUT2D eigenvalue weighted by atomic mass is 31.2. The van der Waals surface area contributed by atoms with Crippen molar-refractivity contribution in [1.29, 1.82) is 0 Å². The van der Waals surface area contributed by atoms with Crippen LogP contribution in [0.3, 0.4) is 0 Å². The number of nitro benzene ring substituents is 1. The van der Waals surface area contributed by atoms with Crippen molar-refractivity contribution in [1.82, 2.24) is 0 Å². The first-order valence-corrected chi connectivity index (χ1v) is 12.0. The molecular formula is C26H23NO3P+. The van der Waals surface area contributed by atoms with Crippen molar-refractivity contribution in [3.05, 3.63) is 125 Å². The molecule has 4 aromatic rings. The van der Waals surface area contributed by atoms with E-state index in [4.69, 9.17) is 4.74 Å². The third kappa shape index (κ3) is 4.08. The Bertz CT molecular complexity index is 1070. The molecule has 0 aliphatic heterocycles. The Morgan fingerprint density at radius 3 is 1.58 bits per heavy atom. The summed E-state index contributed by atoms with van der Waals surface area (Å²) in [4.78, 5) is 11.6. The molecule has 0 aromatic heterocycles. The lowest BCUT2D eigenvalue weighted by Crippen LogP contribution is -2.32. The Morgan fingerprint density at radius 1 is 0.742 bits per heavy atom. The summed E-state index contributed by atoms with van der Waals surface area (Å²) in [6.45, 7) is 0. The molecule has 4 rings (SSSR count). The second-order valence-electron chi connectivity index (χ2n) is 7.23. The van der Waals surface area contributed by atoms with E-state index in [1.807, 2.05) is 60.7 Å². The third-order valence-corrected chi connectivity index (χ3v) is 9.84. The predicted octanol–water partition coefficient (Wildman–Crippen LogP) is 5.10. The van der Waals surface area contributed by atoms with E-state index >= 15 is 0 Å². The van der Waals surface area contributed by atoms with E-state index in [1.165, 1.54) is 29.1 Å². The normalized spacial score (nSPS) is 11.1. The zero-order valence-corrected chi connectivity index (χ0v) is 18.1. The molecule has 0 amide bonds. The fourth-order valence-corrected chi connectivity index (χ4v) is 8.26. The molecule has 5 heteroatoms. The number of methoxy groups -OCH3 is 1. The molecule has 0 fully saturated rings. The van der Waals surface area contributed by atoms with Gasteiger partial charge in [0.2, 0.25) is 0 Å². The van der Waals surface area contributed by atoms with Crippen LogP contribution in [0.1, 0.15) is 5.56 Å². The summed E-state index contributed by atoms with van der Waals surface area (Å²) >= 11 is 0. The van der Waals surface area contributed by atoms with Crippen LogP contribution in [-0.4, -0.2) is 12.0 Å². The number of nitro groups is 1. The second-order valence-corrected chi connectivity index (χ2v) is 10.7. The molecule has 4 nitrogen and oxygen atoms in total. The molecule has 0 aliphatic rings. The standard InChI is InChI=1S/C26H23NO3P/c1-30-22-18-17-21(26(19-22)27(28)29)20-31(23-11-5-2-6-12-23,24-13-7-3-8-14-24)25-15-9-4-10-16-25/h2-19H,20H2,1H3/q+1. The fraction of sp³-hybridized carbons (Fsp3) is 0.0769. The van der Waals surface area contributed by atoms with Gasteiger partial charge in [-0.05, 0) is 48.5 Å². The van der Waals surface area contributed by atoms with Gasteiger partial charge in [-0.1, -0.05) is 54.6 Å². The summed E-state index contributed by atoms with van der Waals surface area (Å²) in [5, 5.41) is 15.5. The summed E-state index contributed by atoms with van der Waals surface area (Å²) in [7, 11) is -0.689. The summed E-state index contributed by atoms with van der Waals surface area (Å²) in [6.07, 6.45) is 0.547. The Hall–Kier alpha value is -3.49. The highest BCUT2D eigenvalue weighted by molar-refractivity contribution is 7.95. The maximum atomic E-state index is 11.9. The van der Waals surface area contributed by atoms with E-state index in [-0.39, 0.29) is 10.6 Å². The van der Waals surface area contributed by atoms with Crippen molar-refractivity contribution in [2.24, 2.45) is 0 Å². The van der Waals surface area contributed by atoms with Gasteiger partial charge in [0.05, 0.1) is 23.7 Å². The quantitative estimate of drug-likeness (QED) is 0.234. The van der Waals surface area contributed by atoms with Crippen LogP contribution in [0.5, 0.6) is 5.75 Å². The maximum Gasteiger partial charge on any atom is 0.279 e. The van der Waals surface area contributed by atoms with Crippen LogP contribution in [0, 0.1) is 10.1 Å². The predicted molar refractivity (Wildman–Crippen MR) is 129 cm³/mol. The van der Waals surface area contributed by atoms with Crippen LogP contribution < -0.4 is 20.7 Å².